The molecule has 0 N–H and O–H groups in total. The highest BCUT2D eigenvalue weighted by atomic mass is 16.2. The number of hydrogen-bond acceptors (Lipinski definition) is 4. The average Bonchev–Trinajstić information content (AvgIpc) is 3.15. The summed E-state index contributed by atoms with van der Waals surface area (Å²) in [4.78, 5) is 30.5. The summed E-state index contributed by atoms with van der Waals surface area (Å²) in [5.41, 5.74) is 1.74. The molecule has 2 aromatic carbocycles. The van der Waals surface area contributed by atoms with Gasteiger partial charge in [-0.2, -0.15) is 5.26 Å². The lowest BCUT2D eigenvalue weighted by molar-refractivity contribution is 0.690. The highest BCUT2D eigenvalue weighted by molar-refractivity contribution is 5.72. The topological polar surface area (TPSA) is 85.6 Å². The molecule has 0 spiro atoms. The number of nitriles is 1. The molecular weight excluding hydrogens is 366 g/mol. The van der Waals surface area contributed by atoms with Gasteiger partial charge in [-0.05, 0) is 29.8 Å². The zero-order valence-corrected chi connectivity index (χ0v) is 15.5. The number of fused-ring (bicyclic) bond motifs is 1. The predicted octanol–water partition coefficient (Wildman–Crippen LogP) is 2.45. The van der Waals surface area contributed by atoms with Crippen molar-refractivity contribution in [3.63, 3.8) is 0 Å². The molecule has 29 heavy (non-hydrogen) atoms. The summed E-state index contributed by atoms with van der Waals surface area (Å²) in [5.74, 6) is 0. The molecule has 0 amide bonds. The normalized spacial score (nSPS) is 10.7. The second-order valence-electron chi connectivity index (χ2n) is 6.51. The lowest BCUT2D eigenvalue weighted by Crippen LogP contribution is -2.39. The van der Waals surface area contributed by atoms with Crippen molar-refractivity contribution < 1.29 is 0 Å². The van der Waals surface area contributed by atoms with Gasteiger partial charge in [0.05, 0.1) is 23.6 Å². The van der Waals surface area contributed by atoms with E-state index in [-0.39, 0.29) is 6.54 Å². The van der Waals surface area contributed by atoms with Crippen molar-refractivity contribution in [3.8, 4) is 11.8 Å². The van der Waals surface area contributed by atoms with Gasteiger partial charge in [-0.1, -0.05) is 36.4 Å². The van der Waals surface area contributed by atoms with Crippen LogP contribution in [0.5, 0.6) is 0 Å². The van der Waals surface area contributed by atoms with E-state index in [0.717, 1.165) is 10.1 Å². The molecule has 0 bridgehead atoms. The monoisotopic (exact) mass is 383 g/mol. The summed E-state index contributed by atoms with van der Waals surface area (Å²) in [6, 6.07) is 18.3. The van der Waals surface area contributed by atoms with Crippen LogP contribution in [0.15, 0.2) is 83.2 Å². The van der Waals surface area contributed by atoms with Crippen LogP contribution < -0.4 is 11.2 Å². The predicted molar refractivity (Wildman–Crippen MR) is 110 cm³/mol. The number of nitrogens with zero attached hydrogens (tertiary/aromatic N) is 5. The fourth-order valence-electron chi connectivity index (χ4n) is 3.34. The van der Waals surface area contributed by atoms with Crippen molar-refractivity contribution in [3.05, 3.63) is 106 Å². The quantitative estimate of drug-likeness (QED) is 0.496. The minimum Gasteiger partial charge on any atom is -0.320 e. The van der Waals surface area contributed by atoms with Crippen LogP contribution in [0, 0.1) is 11.3 Å². The number of aromatic nitrogens is 4. The molecule has 0 unspecified atom stereocenters. The van der Waals surface area contributed by atoms with Gasteiger partial charge in [-0.25, -0.2) is 14.3 Å². The summed E-state index contributed by atoms with van der Waals surface area (Å²) < 4.78 is 4.28. The van der Waals surface area contributed by atoms with Gasteiger partial charge in [-0.15, -0.1) is 6.58 Å². The van der Waals surface area contributed by atoms with Crippen molar-refractivity contribution in [2.24, 2.45) is 0 Å². The zero-order chi connectivity index (χ0) is 20.4. The molecule has 0 saturated carbocycles. The standard InChI is InChI=1S/C22H17N5O2/c1-2-11-26-21(28)19-20(27(22(26)29)18-9-4-3-5-10-18)24-15-25(19)14-17-8-6-7-16(12-17)13-23/h2-10,12,15H,1,11,14H2. The Hall–Kier alpha value is -4.18. The maximum Gasteiger partial charge on any atom is 0.337 e. The Morgan fingerprint density at radius 2 is 1.90 bits per heavy atom. The Morgan fingerprint density at radius 3 is 2.62 bits per heavy atom. The first kappa shape index (κ1) is 18.2. The van der Waals surface area contributed by atoms with Crippen molar-refractivity contribution in [1.29, 1.82) is 5.26 Å². The van der Waals surface area contributed by atoms with E-state index in [1.807, 2.05) is 24.3 Å². The third kappa shape index (κ3) is 3.17. The first-order valence-electron chi connectivity index (χ1n) is 9.00. The van der Waals surface area contributed by atoms with E-state index < -0.39 is 11.2 Å². The number of imidazole rings is 1. The Balaban J connectivity index is 1.98. The number of allylic oxidation sites excluding steroid dienone is 1. The van der Waals surface area contributed by atoms with Crippen LogP contribution in [0.3, 0.4) is 0 Å². The molecule has 7 heteroatoms. The molecule has 4 rings (SSSR count). The first-order chi connectivity index (χ1) is 14.1. The molecule has 0 radical (unpaired) electrons. The number of benzene rings is 2. The Morgan fingerprint density at radius 1 is 1.10 bits per heavy atom. The van der Waals surface area contributed by atoms with E-state index in [9.17, 15) is 9.59 Å². The van der Waals surface area contributed by atoms with E-state index in [4.69, 9.17) is 5.26 Å². The van der Waals surface area contributed by atoms with Crippen molar-refractivity contribution in [2.75, 3.05) is 0 Å². The van der Waals surface area contributed by atoms with Gasteiger partial charge in [0, 0.05) is 13.1 Å². The Labute approximate surface area is 166 Å². The smallest absolute Gasteiger partial charge is 0.320 e. The lowest BCUT2D eigenvalue weighted by atomic mass is 10.1. The Bertz CT molecular complexity index is 1370. The van der Waals surface area contributed by atoms with Crippen LogP contribution in [-0.2, 0) is 13.1 Å². The Kier molecular flexibility index (Phi) is 4.67. The zero-order valence-electron chi connectivity index (χ0n) is 15.5. The third-order valence-corrected chi connectivity index (χ3v) is 4.64. The van der Waals surface area contributed by atoms with E-state index in [2.05, 4.69) is 17.6 Å². The maximum atomic E-state index is 13.1. The highest BCUT2D eigenvalue weighted by Gasteiger charge is 2.18. The van der Waals surface area contributed by atoms with Crippen LogP contribution in [0.1, 0.15) is 11.1 Å². The van der Waals surface area contributed by atoms with Crippen LogP contribution in [0.4, 0.5) is 0 Å². The van der Waals surface area contributed by atoms with E-state index in [0.29, 0.717) is 29.0 Å². The molecule has 0 atom stereocenters. The molecule has 0 fully saturated rings. The van der Waals surface area contributed by atoms with Crippen LogP contribution >= 0.6 is 0 Å². The molecule has 2 aromatic heterocycles. The summed E-state index contributed by atoms with van der Waals surface area (Å²) in [7, 11) is 0. The molecule has 0 saturated heterocycles. The lowest BCUT2D eigenvalue weighted by Gasteiger charge is -2.12. The summed E-state index contributed by atoms with van der Waals surface area (Å²) >= 11 is 0. The number of para-hydroxylation sites is 1. The van der Waals surface area contributed by atoms with Crippen molar-refractivity contribution in [2.45, 2.75) is 13.1 Å². The van der Waals surface area contributed by atoms with Crippen molar-refractivity contribution >= 4 is 11.2 Å². The summed E-state index contributed by atoms with van der Waals surface area (Å²) in [6.07, 6.45) is 3.06. The van der Waals surface area contributed by atoms with Crippen LogP contribution in [0.25, 0.3) is 16.9 Å². The fraction of sp³-hybridized carbons (Fsp3) is 0.0909. The van der Waals surface area contributed by atoms with Gasteiger partial charge in [0.2, 0.25) is 0 Å². The molecule has 142 valence electrons. The molecule has 0 aliphatic carbocycles. The average molecular weight is 383 g/mol. The molecule has 0 aliphatic heterocycles. The molecule has 0 aliphatic rings. The molecule has 2 heterocycles. The van der Waals surface area contributed by atoms with Gasteiger partial charge in [-0.3, -0.25) is 9.36 Å². The van der Waals surface area contributed by atoms with Gasteiger partial charge in [0.1, 0.15) is 0 Å². The summed E-state index contributed by atoms with van der Waals surface area (Å²) in [5, 5.41) is 9.12. The van der Waals surface area contributed by atoms with Crippen LogP contribution in [-0.4, -0.2) is 18.7 Å². The minimum atomic E-state index is -0.467. The maximum absolute atomic E-state index is 13.1. The number of hydrogen-bond donors (Lipinski definition) is 0. The highest BCUT2D eigenvalue weighted by Crippen LogP contribution is 2.15. The first-order valence-corrected chi connectivity index (χ1v) is 9.00. The van der Waals surface area contributed by atoms with E-state index in [1.54, 1.807) is 41.2 Å². The molecule has 4 aromatic rings. The van der Waals surface area contributed by atoms with Gasteiger partial charge in [0.25, 0.3) is 5.56 Å². The second kappa shape index (κ2) is 7.44. The fourth-order valence-corrected chi connectivity index (χ4v) is 3.34. The van der Waals surface area contributed by atoms with Gasteiger partial charge >= 0.3 is 5.69 Å². The SMILES string of the molecule is C=CCn1c(=O)c2c(ncn2Cc2cccc(C#N)c2)n(-c2ccccc2)c1=O. The van der Waals surface area contributed by atoms with E-state index >= 15 is 0 Å². The minimum absolute atomic E-state index is 0.0928. The second-order valence-corrected chi connectivity index (χ2v) is 6.51. The summed E-state index contributed by atoms with van der Waals surface area (Å²) in [6.45, 7) is 4.10. The van der Waals surface area contributed by atoms with Crippen molar-refractivity contribution in [1.82, 2.24) is 18.7 Å². The third-order valence-electron chi connectivity index (χ3n) is 4.64. The molecule has 7 nitrogen and oxygen atoms in total. The largest absolute Gasteiger partial charge is 0.337 e. The molecular formula is C22H17N5O2. The number of rotatable bonds is 5. The van der Waals surface area contributed by atoms with Crippen LogP contribution in [0.2, 0.25) is 0 Å². The van der Waals surface area contributed by atoms with Gasteiger partial charge < -0.3 is 4.57 Å². The van der Waals surface area contributed by atoms with Gasteiger partial charge in [0.15, 0.2) is 11.2 Å². The van der Waals surface area contributed by atoms with E-state index in [1.165, 1.54) is 10.6 Å².